The van der Waals surface area contributed by atoms with Crippen LogP contribution in [0.4, 0.5) is 0 Å². The SMILES string of the molecule is O=C(N[C@H]1CCCNC1)c1ccon1. The van der Waals surface area contributed by atoms with Gasteiger partial charge in [-0.3, -0.25) is 4.79 Å². The Hall–Kier alpha value is -1.36. The summed E-state index contributed by atoms with van der Waals surface area (Å²) in [7, 11) is 0. The minimum atomic E-state index is -0.160. The molecule has 1 amide bonds. The summed E-state index contributed by atoms with van der Waals surface area (Å²) in [6, 6.07) is 1.78. The van der Waals surface area contributed by atoms with E-state index >= 15 is 0 Å². The first-order chi connectivity index (χ1) is 6.86. The molecule has 0 unspecified atom stereocenters. The summed E-state index contributed by atoms with van der Waals surface area (Å²) in [5.41, 5.74) is 0.343. The third-order valence-electron chi connectivity index (χ3n) is 2.30. The van der Waals surface area contributed by atoms with E-state index in [0.717, 1.165) is 25.9 Å². The number of hydrogen-bond donors (Lipinski definition) is 2. The third kappa shape index (κ3) is 2.11. The van der Waals surface area contributed by atoms with E-state index in [4.69, 9.17) is 0 Å². The molecule has 0 spiro atoms. The van der Waals surface area contributed by atoms with E-state index in [-0.39, 0.29) is 11.9 Å². The fourth-order valence-corrected chi connectivity index (χ4v) is 1.56. The molecule has 5 nitrogen and oxygen atoms in total. The van der Waals surface area contributed by atoms with Crippen molar-refractivity contribution in [2.45, 2.75) is 18.9 Å². The van der Waals surface area contributed by atoms with Gasteiger partial charge in [-0.1, -0.05) is 5.16 Å². The minimum absolute atomic E-state index is 0.160. The predicted octanol–water partition coefficient (Wildman–Crippen LogP) is 0.156. The van der Waals surface area contributed by atoms with Gasteiger partial charge >= 0.3 is 0 Å². The standard InChI is InChI=1S/C9H13N3O2/c13-9(8-3-5-14-12-8)11-7-2-1-4-10-6-7/h3,5,7,10H,1-2,4,6H2,(H,11,13)/t7-/m0/s1. The van der Waals surface area contributed by atoms with Crippen LogP contribution in [0.25, 0.3) is 0 Å². The molecule has 1 aromatic heterocycles. The third-order valence-corrected chi connectivity index (χ3v) is 2.30. The van der Waals surface area contributed by atoms with Gasteiger partial charge in [-0.2, -0.15) is 0 Å². The Bertz CT molecular complexity index is 291. The van der Waals surface area contributed by atoms with E-state index in [1.807, 2.05) is 0 Å². The fourth-order valence-electron chi connectivity index (χ4n) is 1.56. The highest BCUT2D eigenvalue weighted by molar-refractivity contribution is 5.92. The number of hydrogen-bond acceptors (Lipinski definition) is 4. The Morgan fingerprint density at radius 1 is 1.71 bits per heavy atom. The van der Waals surface area contributed by atoms with Crippen LogP contribution in [0.2, 0.25) is 0 Å². The summed E-state index contributed by atoms with van der Waals surface area (Å²) >= 11 is 0. The molecule has 1 saturated heterocycles. The molecule has 0 aliphatic carbocycles. The molecular weight excluding hydrogens is 182 g/mol. The summed E-state index contributed by atoms with van der Waals surface area (Å²) < 4.78 is 4.60. The fraction of sp³-hybridized carbons (Fsp3) is 0.556. The molecule has 0 radical (unpaired) electrons. The van der Waals surface area contributed by atoms with Crippen molar-refractivity contribution in [1.82, 2.24) is 15.8 Å². The number of nitrogens with one attached hydrogen (secondary N) is 2. The normalized spacial score (nSPS) is 21.9. The molecular formula is C9H13N3O2. The van der Waals surface area contributed by atoms with Crippen LogP contribution < -0.4 is 10.6 Å². The Kier molecular flexibility index (Phi) is 2.78. The van der Waals surface area contributed by atoms with Gasteiger partial charge in [0, 0.05) is 18.7 Å². The number of nitrogens with zero attached hydrogens (tertiary/aromatic N) is 1. The van der Waals surface area contributed by atoms with Crippen LogP contribution in [0.15, 0.2) is 16.9 Å². The van der Waals surface area contributed by atoms with Crippen LogP contribution >= 0.6 is 0 Å². The predicted molar refractivity (Wildman–Crippen MR) is 49.9 cm³/mol. The zero-order valence-corrected chi connectivity index (χ0v) is 7.82. The van der Waals surface area contributed by atoms with E-state index < -0.39 is 0 Å². The lowest BCUT2D eigenvalue weighted by Crippen LogP contribution is -2.45. The van der Waals surface area contributed by atoms with Gasteiger partial charge in [0.05, 0.1) is 0 Å². The van der Waals surface area contributed by atoms with Gasteiger partial charge in [-0.15, -0.1) is 0 Å². The largest absolute Gasteiger partial charge is 0.364 e. The van der Waals surface area contributed by atoms with Crippen molar-refractivity contribution in [1.29, 1.82) is 0 Å². The number of aromatic nitrogens is 1. The first-order valence-electron chi connectivity index (χ1n) is 4.78. The van der Waals surface area contributed by atoms with Crippen LogP contribution in [0.1, 0.15) is 23.3 Å². The van der Waals surface area contributed by atoms with Crippen LogP contribution in [0.5, 0.6) is 0 Å². The second-order valence-electron chi connectivity index (χ2n) is 3.40. The van der Waals surface area contributed by atoms with Crippen molar-refractivity contribution in [2.75, 3.05) is 13.1 Å². The highest BCUT2D eigenvalue weighted by atomic mass is 16.5. The quantitative estimate of drug-likeness (QED) is 0.705. The topological polar surface area (TPSA) is 67.2 Å². The van der Waals surface area contributed by atoms with Gasteiger partial charge in [0.15, 0.2) is 5.69 Å². The Morgan fingerprint density at radius 3 is 3.29 bits per heavy atom. The smallest absolute Gasteiger partial charge is 0.273 e. The van der Waals surface area contributed by atoms with Crippen molar-refractivity contribution in [3.8, 4) is 0 Å². The molecule has 1 atom stereocenters. The van der Waals surface area contributed by atoms with Crippen LogP contribution in [-0.2, 0) is 0 Å². The summed E-state index contributed by atoms with van der Waals surface area (Å²) in [5, 5.41) is 9.70. The number of carbonyl (C=O) groups is 1. The molecule has 0 aromatic carbocycles. The first kappa shape index (κ1) is 9.21. The Morgan fingerprint density at radius 2 is 2.64 bits per heavy atom. The molecule has 76 valence electrons. The molecule has 1 fully saturated rings. The zero-order chi connectivity index (χ0) is 9.80. The first-order valence-corrected chi connectivity index (χ1v) is 4.78. The molecule has 5 heteroatoms. The Labute approximate surface area is 81.8 Å². The van der Waals surface area contributed by atoms with Crippen molar-refractivity contribution in [2.24, 2.45) is 0 Å². The molecule has 2 rings (SSSR count). The molecule has 2 heterocycles. The van der Waals surface area contributed by atoms with Crippen molar-refractivity contribution in [3.63, 3.8) is 0 Å². The highest BCUT2D eigenvalue weighted by Crippen LogP contribution is 2.02. The number of carbonyl (C=O) groups excluding carboxylic acids is 1. The molecule has 1 aliphatic heterocycles. The molecule has 0 saturated carbocycles. The summed E-state index contributed by atoms with van der Waals surface area (Å²) in [5.74, 6) is -0.160. The van der Waals surface area contributed by atoms with Gasteiger partial charge in [-0.25, -0.2) is 0 Å². The van der Waals surface area contributed by atoms with E-state index in [1.165, 1.54) is 6.26 Å². The maximum absolute atomic E-state index is 11.5. The van der Waals surface area contributed by atoms with Crippen molar-refractivity contribution >= 4 is 5.91 Å². The molecule has 1 aliphatic rings. The zero-order valence-electron chi connectivity index (χ0n) is 7.82. The monoisotopic (exact) mass is 195 g/mol. The van der Waals surface area contributed by atoms with Gasteiger partial charge in [-0.05, 0) is 19.4 Å². The lowest BCUT2D eigenvalue weighted by Gasteiger charge is -2.23. The summed E-state index contributed by atoms with van der Waals surface area (Å²) in [6.07, 6.45) is 3.52. The molecule has 14 heavy (non-hydrogen) atoms. The van der Waals surface area contributed by atoms with Crippen molar-refractivity contribution in [3.05, 3.63) is 18.0 Å². The Balaban J connectivity index is 1.87. The lowest BCUT2D eigenvalue weighted by atomic mass is 10.1. The molecule has 0 bridgehead atoms. The number of amides is 1. The molecule has 2 N–H and O–H groups in total. The van der Waals surface area contributed by atoms with E-state index in [9.17, 15) is 4.79 Å². The van der Waals surface area contributed by atoms with Crippen LogP contribution in [0.3, 0.4) is 0 Å². The lowest BCUT2D eigenvalue weighted by molar-refractivity contribution is 0.0921. The van der Waals surface area contributed by atoms with E-state index in [0.29, 0.717) is 5.69 Å². The second kappa shape index (κ2) is 4.23. The van der Waals surface area contributed by atoms with Gasteiger partial charge in [0.25, 0.3) is 5.91 Å². The number of rotatable bonds is 2. The maximum atomic E-state index is 11.5. The average Bonchev–Trinajstić information content (AvgIpc) is 2.72. The van der Waals surface area contributed by atoms with Gasteiger partial charge < -0.3 is 15.2 Å². The van der Waals surface area contributed by atoms with Crippen molar-refractivity contribution < 1.29 is 9.32 Å². The van der Waals surface area contributed by atoms with Gasteiger partial charge in [0.1, 0.15) is 6.26 Å². The molecule has 1 aromatic rings. The average molecular weight is 195 g/mol. The summed E-state index contributed by atoms with van der Waals surface area (Å²) in [6.45, 7) is 1.87. The van der Waals surface area contributed by atoms with Gasteiger partial charge in [0.2, 0.25) is 0 Å². The maximum Gasteiger partial charge on any atom is 0.273 e. The van der Waals surface area contributed by atoms with Crippen LogP contribution in [0, 0.1) is 0 Å². The minimum Gasteiger partial charge on any atom is -0.364 e. The second-order valence-corrected chi connectivity index (χ2v) is 3.40. The summed E-state index contributed by atoms with van der Waals surface area (Å²) in [4.78, 5) is 11.5. The number of piperidine rings is 1. The highest BCUT2D eigenvalue weighted by Gasteiger charge is 2.17. The van der Waals surface area contributed by atoms with E-state index in [1.54, 1.807) is 6.07 Å². The van der Waals surface area contributed by atoms with Crippen LogP contribution in [-0.4, -0.2) is 30.2 Å². The van der Waals surface area contributed by atoms with E-state index in [2.05, 4.69) is 20.3 Å².